The third kappa shape index (κ3) is 5.31. The van der Waals surface area contributed by atoms with E-state index < -0.39 is 12.1 Å². The first kappa shape index (κ1) is 21.2. The zero-order valence-corrected chi connectivity index (χ0v) is 17.1. The van der Waals surface area contributed by atoms with E-state index in [1.165, 1.54) is 0 Å². The summed E-state index contributed by atoms with van der Waals surface area (Å²) in [5.74, 6) is -0.426. The van der Waals surface area contributed by atoms with Gasteiger partial charge in [-0.2, -0.15) is 0 Å². The second-order valence-corrected chi connectivity index (χ2v) is 7.29. The van der Waals surface area contributed by atoms with Gasteiger partial charge < -0.3 is 22.1 Å². The summed E-state index contributed by atoms with van der Waals surface area (Å²) in [6, 6.07) is 22.4. The zero-order valence-electron chi connectivity index (χ0n) is 17.1. The van der Waals surface area contributed by atoms with Crippen LogP contribution in [0.3, 0.4) is 0 Å². The average molecular weight is 402 g/mol. The van der Waals surface area contributed by atoms with Crippen LogP contribution in [0.2, 0.25) is 0 Å². The minimum atomic E-state index is -0.549. The second-order valence-electron chi connectivity index (χ2n) is 7.29. The van der Waals surface area contributed by atoms with Gasteiger partial charge in [0.2, 0.25) is 11.8 Å². The van der Waals surface area contributed by atoms with Crippen molar-refractivity contribution in [3.8, 4) is 22.3 Å². The van der Waals surface area contributed by atoms with Crippen LogP contribution in [0.15, 0.2) is 72.8 Å². The van der Waals surface area contributed by atoms with E-state index >= 15 is 0 Å². The van der Waals surface area contributed by atoms with Crippen molar-refractivity contribution >= 4 is 23.2 Å². The van der Waals surface area contributed by atoms with Crippen molar-refractivity contribution < 1.29 is 9.59 Å². The van der Waals surface area contributed by atoms with E-state index in [1.807, 2.05) is 48.5 Å². The number of amides is 2. The van der Waals surface area contributed by atoms with Crippen LogP contribution in [0, 0.1) is 0 Å². The van der Waals surface area contributed by atoms with Gasteiger partial charge in [-0.15, -0.1) is 0 Å². The Bertz CT molecular complexity index is 924. The van der Waals surface area contributed by atoms with Gasteiger partial charge in [-0.1, -0.05) is 48.5 Å². The number of anilines is 2. The molecule has 0 saturated heterocycles. The van der Waals surface area contributed by atoms with Crippen LogP contribution in [-0.2, 0) is 9.59 Å². The van der Waals surface area contributed by atoms with Crippen molar-refractivity contribution in [2.45, 2.75) is 25.9 Å². The molecule has 3 aromatic rings. The van der Waals surface area contributed by atoms with E-state index in [0.29, 0.717) is 11.4 Å². The van der Waals surface area contributed by atoms with E-state index in [9.17, 15) is 9.59 Å². The van der Waals surface area contributed by atoms with Gasteiger partial charge in [0.05, 0.1) is 12.1 Å². The first-order valence-electron chi connectivity index (χ1n) is 9.77. The molecule has 2 atom stereocenters. The van der Waals surface area contributed by atoms with Gasteiger partial charge in [0.1, 0.15) is 0 Å². The highest BCUT2D eigenvalue weighted by atomic mass is 16.2. The molecule has 3 rings (SSSR count). The first-order valence-corrected chi connectivity index (χ1v) is 9.77. The molecule has 0 heterocycles. The van der Waals surface area contributed by atoms with E-state index in [1.54, 1.807) is 13.8 Å². The molecule has 0 aliphatic carbocycles. The highest BCUT2D eigenvalue weighted by molar-refractivity contribution is 5.95. The van der Waals surface area contributed by atoms with Crippen molar-refractivity contribution in [2.24, 2.45) is 11.5 Å². The monoisotopic (exact) mass is 402 g/mol. The third-order valence-corrected chi connectivity index (χ3v) is 4.68. The van der Waals surface area contributed by atoms with Crippen LogP contribution >= 0.6 is 0 Å². The van der Waals surface area contributed by atoms with Gasteiger partial charge in [-0.25, -0.2) is 0 Å². The van der Waals surface area contributed by atoms with Crippen molar-refractivity contribution in [3.05, 3.63) is 72.8 Å². The molecule has 0 aliphatic heterocycles. The second kappa shape index (κ2) is 9.35. The zero-order chi connectivity index (χ0) is 21.7. The third-order valence-electron chi connectivity index (χ3n) is 4.68. The molecule has 0 spiro atoms. The fourth-order valence-electron chi connectivity index (χ4n) is 2.86. The first-order chi connectivity index (χ1) is 14.3. The topological polar surface area (TPSA) is 110 Å². The predicted molar refractivity (Wildman–Crippen MR) is 122 cm³/mol. The molecule has 3 aromatic carbocycles. The summed E-state index contributed by atoms with van der Waals surface area (Å²) >= 11 is 0. The van der Waals surface area contributed by atoms with Gasteiger partial charge in [0, 0.05) is 11.4 Å². The van der Waals surface area contributed by atoms with Crippen LogP contribution in [0.5, 0.6) is 0 Å². The molecule has 154 valence electrons. The Morgan fingerprint density at radius 1 is 0.567 bits per heavy atom. The van der Waals surface area contributed by atoms with Gasteiger partial charge in [-0.3, -0.25) is 9.59 Å². The molecule has 0 saturated carbocycles. The lowest BCUT2D eigenvalue weighted by Crippen LogP contribution is -2.32. The largest absolute Gasteiger partial charge is 0.325 e. The van der Waals surface area contributed by atoms with E-state index in [0.717, 1.165) is 22.3 Å². The van der Waals surface area contributed by atoms with E-state index in [-0.39, 0.29) is 11.8 Å². The van der Waals surface area contributed by atoms with Crippen LogP contribution in [0.4, 0.5) is 11.4 Å². The number of carbonyl (C=O) groups excluding carboxylic acids is 2. The molecule has 0 aliphatic rings. The highest BCUT2D eigenvalue weighted by Crippen LogP contribution is 2.26. The molecule has 6 nitrogen and oxygen atoms in total. The van der Waals surface area contributed by atoms with Crippen LogP contribution in [0.1, 0.15) is 13.8 Å². The van der Waals surface area contributed by atoms with E-state index in [2.05, 4.69) is 34.9 Å². The molecule has 0 radical (unpaired) electrons. The maximum atomic E-state index is 11.7. The van der Waals surface area contributed by atoms with Gasteiger partial charge in [0.15, 0.2) is 0 Å². The lowest BCUT2D eigenvalue weighted by molar-refractivity contribution is -0.117. The summed E-state index contributed by atoms with van der Waals surface area (Å²) in [6.45, 7) is 3.30. The lowest BCUT2D eigenvalue weighted by atomic mass is 10.00. The summed E-state index contributed by atoms with van der Waals surface area (Å²) in [5, 5.41) is 5.55. The summed E-state index contributed by atoms with van der Waals surface area (Å²) in [4.78, 5) is 23.4. The number of nitrogens with one attached hydrogen (secondary N) is 2. The molecule has 2 amide bonds. The number of hydrogen-bond acceptors (Lipinski definition) is 4. The van der Waals surface area contributed by atoms with Gasteiger partial charge in [-0.05, 0) is 60.4 Å². The predicted octanol–water partition coefficient (Wildman–Crippen LogP) is 3.59. The molecular formula is C24H26N4O2. The molecule has 0 unspecified atom stereocenters. The Hall–Kier alpha value is -3.48. The fraction of sp³-hybridized carbons (Fsp3) is 0.167. The van der Waals surface area contributed by atoms with Gasteiger partial charge >= 0.3 is 0 Å². The standard InChI is InChI=1S/C24H26N4O2/c1-15(25)23(29)27-21-11-7-19(8-12-21)17-3-5-18(6-4-17)20-9-13-22(14-10-20)28-24(30)16(2)26/h3-16H,25-26H2,1-2H3,(H,27,29)(H,28,30)/t15-,16+. The van der Waals surface area contributed by atoms with Crippen LogP contribution < -0.4 is 22.1 Å². The van der Waals surface area contributed by atoms with Crippen LogP contribution in [-0.4, -0.2) is 23.9 Å². The minimum absolute atomic E-state index is 0.213. The Morgan fingerprint density at radius 3 is 1.03 bits per heavy atom. The molecule has 30 heavy (non-hydrogen) atoms. The maximum absolute atomic E-state index is 11.7. The van der Waals surface area contributed by atoms with Crippen molar-refractivity contribution in [1.82, 2.24) is 0 Å². The molecule has 6 N–H and O–H groups in total. The molecule has 0 fully saturated rings. The summed E-state index contributed by atoms with van der Waals surface area (Å²) in [7, 11) is 0. The maximum Gasteiger partial charge on any atom is 0.240 e. The lowest BCUT2D eigenvalue weighted by Gasteiger charge is -2.10. The number of hydrogen-bond donors (Lipinski definition) is 4. The molecule has 6 heteroatoms. The smallest absolute Gasteiger partial charge is 0.240 e. The molecule has 0 aromatic heterocycles. The summed E-state index contributed by atoms with van der Waals surface area (Å²) in [6.07, 6.45) is 0. The fourth-order valence-corrected chi connectivity index (χ4v) is 2.86. The molecule has 0 bridgehead atoms. The number of benzene rings is 3. The Balaban J connectivity index is 1.69. The number of carbonyl (C=O) groups is 2. The highest BCUT2D eigenvalue weighted by Gasteiger charge is 2.09. The molecular weight excluding hydrogens is 376 g/mol. The number of rotatable bonds is 6. The quantitative estimate of drug-likeness (QED) is 0.505. The van der Waals surface area contributed by atoms with E-state index in [4.69, 9.17) is 11.5 Å². The SMILES string of the molecule is C[C@H](N)C(=O)Nc1ccc(-c2ccc(-c3ccc(NC(=O)[C@@H](C)N)cc3)cc2)cc1. The van der Waals surface area contributed by atoms with Crippen molar-refractivity contribution in [3.63, 3.8) is 0 Å². The van der Waals surface area contributed by atoms with Crippen LogP contribution in [0.25, 0.3) is 22.3 Å². The summed E-state index contributed by atoms with van der Waals surface area (Å²) < 4.78 is 0. The Labute approximate surface area is 176 Å². The van der Waals surface area contributed by atoms with Crippen molar-refractivity contribution in [1.29, 1.82) is 0 Å². The van der Waals surface area contributed by atoms with Crippen molar-refractivity contribution in [2.75, 3.05) is 10.6 Å². The average Bonchev–Trinajstić information content (AvgIpc) is 2.75. The van der Waals surface area contributed by atoms with Gasteiger partial charge in [0.25, 0.3) is 0 Å². The minimum Gasteiger partial charge on any atom is -0.325 e. The Morgan fingerprint density at radius 2 is 0.800 bits per heavy atom. The normalized spacial score (nSPS) is 12.7. The Kier molecular flexibility index (Phi) is 6.61. The number of nitrogens with two attached hydrogens (primary N) is 2. The summed E-state index contributed by atoms with van der Waals surface area (Å²) in [5.41, 5.74) is 16.8.